The molecular formula is CO3S. The van der Waals surface area contributed by atoms with Gasteiger partial charge in [-0.25, -0.2) is 4.79 Å². The van der Waals surface area contributed by atoms with Crippen molar-refractivity contribution in [2.75, 3.05) is 0 Å². The highest BCUT2D eigenvalue weighted by Gasteiger charge is 1.47. The van der Waals surface area contributed by atoms with Crippen molar-refractivity contribution in [1.82, 2.24) is 0 Å². The fourth-order valence-corrected chi connectivity index (χ4v) is 0. The van der Waals surface area contributed by atoms with Gasteiger partial charge in [0.25, 0.3) is 5.23 Å². The highest BCUT2D eigenvalue weighted by molar-refractivity contribution is 7.70. The molecule has 0 rings (SSSR count). The molecule has 0 fully saturated rings. The monoisotopic (exact) mass is 92.0 g/mol. The van der Waals surface area contributed by atoms with Crippen LogP contribution in [0.2, 0.25) is 0 Å². The summed E-state index contributed by atoms with van der Waals surface area (Å²) in [7, 11) is -2.63. The van der Waals surface area contributed by atoms with E-state index in [1.165, 1.54) is 0 Å². The summed E-state index contributed by atoms with van der Waals surface area (Å²) in [6, 6.07) is 0. The van der Waals surface area contributed by atoms with Gasteiger partial charge >= 0.3 is 10.3 Å². The molecule has 0 bridgehead atoms. The summed E-state index contributed by atoms with van der Waals surface area (Å²) >= 11 is 0. The van der Waals surface area contributed by atoms with Gasteiger partial charge in [0.15, 0.2) is 0 Å². The highest BCUT2D eigenvalue weighted by Crippen LogP contribution is 1.15. The number of hydrogen-bond acceptors (Lipinski definition) is 3. The van der Waals surface area contributed by atoms with Crippen LogP contribution < -0.4 is 0 Å². The minimum absolute atomic E-state index is 0.694. The van der Waals surface area contributed by atoms with Crippen molar-refractivity contribution >= 4 is 15.5 Å². The second kappa shape index (κ2) is 1.69. The molecule has 0 aromatic heterocycles. The molecule has 28 valence electrons. The van der Waals surface area contributed by atoms with Crippen LogP contribution in [0.1, 0.15) is 0 Å². The van der Waals surface area contributed by atoms with Gasteiger partial charge in [0, 0.05) is 0 Å². The van der Waals surface area contributed by atoms with E-state index in [0.717, 1.165) is 0 Å². The molecule has 0 amide bonds. The lowest BCUT2D eigenvalue weighted by Crippen LogP contribution is -1.48. The molecule has 0 spiro atoms. The molecule has 0 aromatic rings. The van der Waals surface area contributed by atoms with Gasteiger partial charge in [-0.05, 0) is 0 Å². The van der Waals surface area contributed by atoms with Crippen molar-refractivity contribution in [3.05, 3.63) is 0 Å². The number of hydrogen-bond donors (Lipinski definition) is 0. The first-order chi connectivity index (χ1) is 2.27. The normalized spacial score (nSPS) is 5.60. The van der Waals surface area contributed by atoms with E-state index in [9.17, 15) is 0 Å². The van der Waals surface area contributed by atoms with Crippen LogP contribution >= 0.6 is 0 Å². The van der Waals surface area contributed by atoms with Crippen LogP contribution in [-0.4, -0.2) is 13.7 Å². The van der Waals surface area contributed by atoms with Gasteiger partial charge in [0.2, 0.25) is 0 Å². The summed E-state index contributed by atoms with van der Waals surface area (Å²) in [5, 5.41) is 0.694. The van der Waals surface area contributed by atoms with Gasteiger partial charge in [0.1, 0.15) is 0 Å². The summed E-state index contributed by atoms with van der Waals surface area (Å²) in [5.74, 6) is 0. The van der Waals surface area contributed by atoms with Gasteiger partial charge in [-0.2, -0.15) is 8.42 Å². The maximum Gasteiger partial charge on any atom is 0.301 e. The summed E-state index contributed by atoms with van der Waals surface area (Å²) in [5.41, 5.74) is 0. The summed E-state index contributed by atoms with van der Waals surface area (Å²) in [4.78, 5) is 8.77. The van der Waals surface area contributed by atoms with Gasteiger partial charge in [-0.1, -0.05) is 0 Å². The second-order valence-electron chi connectivity index (χ2n) is 0.318. The van der Waals surface area contributed by atoms with E-state index in [2.05, 4.69) is 0 Å². The van der Waals surface area contributed by atoms with Crippen LogP contribution in [0.4, 0.5) is 0 Å². The molecule has 4 heteroatoms. The molecule has 0 aliphatic rings. The predicted octanol–water partition coefficient (Wildman–Crippen LogP) is -1.07. The van der Waals surface area contributed by atoms with Crippen molar-refractivity contribution in [3.8, 4) is 0 Å². The quantitative estimate of drug-likeness (QED) is 0.357. The third-order valence-electron chi connectivity index (χ3n) is 0.0680. The smallest absolute Gasteiger partial charge is 0.216 e. The van der Waals surface area contributed by atoms with E-state index in [0.29, 0.717) is 5.23 Å². The molecule has 3 nitrogen and oxygen atoms in total. The van der Waals surface area contributed by atoms with Gasteiger partial charge in [-0.15, -0.1) is 0 Å². The van der Waals surface area contributed by atoms with E-state index in [1.807, 2.05) is 0 Å². The SMILES string of the molecule is O=C=S(=O)=O. The molecule has 0 aromatic carbocycles. The zero-order valence-electron chi connectivity index (χ0n) is 2.13. The largest absolute Gasteiger partial charge is 0.301 e. The standard InChI is InChI=1S/CO3S/c2-1-5(3)4. The van der Waals surface area contributed by atoms with Crippen LogP contribution in [0.15, 0.2) is 0 Å². The van der Waals surface area contributed by atoms with Crippen molar-refractivity contribution in [2.24, 2.45) is 0 Å². The first-order valence-corrected chi connectivity index (χ1v) is 1.82. The average Bonchev–Trinajstić information content (AvgIpc) is 1.38. The van der Waals surface area contributed by atoms with Gasteiger partial charge < -0.3 is 0 Å². The van der Waals surface area contributed by atoms with Crippen LogP contribution in [0.5, 0.6) is 0 Å². The Labute approximate surface area is 29.8 Å². The maximum absolute atomic E-state index is 8.94. The van der Waals surface area contributed by atoms with Crippen LogP contribution in [0, 0.1) is 0 Å². The Morgan fingerprint density at radius 3 is 1.60 bits per heavy atom. The molecule has 0 N–H and O–H groups in total. The lowest BCUT2D eigenvalue weighted by Gasteiger charge is -1.20. The van der Waals surface area contributed by atoms with E-state index < -0.39 is 10.3 Å². The highest BCUT2D eigenvalue weighted by atomic mass is 32.2. The van der Waals surface area contributed by atoms with Crippen LogP contribution in [0.25, 0.3) is 0 Å². The Balaban J connectivity index is 5.08. The lowest BCUT2D eigenvalue weighted by molar-refractivity contribution is 0.567. The van der Waals surface area contributed by atoms with Crippen molar-refractivity contribution in [2.45, 2.75) is 0 Å². The second-order valence-corrected chi connectivity index (χ2v) is 0.954. The predicted molar refractivity (Wildman–Crippen MR) is 14.6 cm³/mol. The Morgan fingerprint density at radius 2 is 1.60 bits per heavy atom. The van der Waals surface area contributed by atoms with E-state index >= 15 is 0 Å². The summed E-state index contributed by atoms with van der Waals surface area (Å²) in [6.07, 6.45) is 0. The Kier molecular flexibility index (Phi) is 1.49. The van der Waals surface area contributed by atoms with E-state index in [1.54, 1.807) is 0 Å². The molecule has 0 aliphatic carbocycles. The van der Waals surface area contributed by atoms with Gasteiger partial charge in [0.05, 0.1) is 0 Å². The summed E-state index contributed by atoms with van der Waals surface area (Å²) < 4.78 is 17.9. The number of rotatable bonds is 0. The average molecular weight is 92.1 g/mol. The molecule has 0 atom stereocenters. The molecule has 5 heavy (non-hydrogen) atoms. The Hall–Kier alpha value is -0.600. The van der Waals surface area contributed by atoms with Crippen LogP contribution in [0.3, 0.4) is 0 Å². The topological polar surface area (TPSA) is 51.2 Å². The fourth-order valence-electron chi connectivity index (χ4n) is 0. The fraction of sp³-hybridized carbons (Fsp3) is 0. The summed E-state index contributed by atoms with van der Waals surface area (Å²) in [6.45, 7) is 0. The molecule has 0 saturated heterocycles. The molecular weight excluding hydrogens is 92.1 g/mol. The third kappa shape index (κ3) is 3.40. The Bertz CT molecular complexity index is 138. The van der Waals surface area contributed by atoms with Crippen molar-refractivity contribution < 1.29 is 13.2 Å². The molecule has 0 saturated carbocycles. The first kappa shape index (κ1) is 4.40. The van der Waals surface area contributed by atoms with Crippen molar-refractivity contribution in [3.63, 3.8) is 0 Å². The van der Waals surface area contributed by atoms with Gasteiger partial charge in [-0.3, -0.25) is 0 Å². The minimum Gasteiger partial charge on any atom is -0.216 e. The molecule has 0 unspecified atom stereocenters. The van der Waals surface area contributed by atoms with E-state index in [4.69, 9.17) is 13.2 Å². The Morgan fingerprint density at radius 1 is 1.40 bits per heavy atom. The van der Waals surface area contributed by atoms with E-state index in [-0.39, 0.29) is 0 Å². The molecule has 0 aliphatic heterocycles. The zero-order valence-corrected chi connectivity index (χ0v) is 2.95. The lowest BCUT2D eigenvalue weighted by atomic mass is 11.9. The van der Waals surface area contributed by atoms with Crippen LogP contribution in [-0.2, 0) is 15.1 Å². The van der Waals surface area contributed by atoms with Crippen molar-refractivity contribution in [1.29, 1.82) is 0 Å². The maximum atomic E-state index is 8.94. The minimum atomic E-state index is -2.63. The number of carbonyl (C=O) groups excluding carboxylic acids is 1. The third-order valence-corrected chi connectivity index (χ3v) is 0.204. The molecule has 0 heterocycles. The molecule has 0 radical (unpaired) electrons. The first-order valence-electron chi connectivity index (χ1n) is 0.742. The zero-order chi connectivity index (χ0) is 4.28.